The second kappa shape index (κ2) is 15.6. The average molecular weight is 606 g/mol. The molecule has 0 radical (unpaired) electrons. The van der Waals surface area contributed by atoms with Crippen LogP contribution in [0.3, 0.4) is 0 Å². The van der Waals surface area contributed by atoms with E-state index in [1.165, 1.54) is 33.3 Å². The number of nitro groups is 1. The second-order valence-corrected chi connectivity index (χ2v) is 10.5. The van der Waals surface area contributed by atoms with Crippen molar-refractivity contribution in [1.82, 2.24) is 11.0 Å². The maximum atomic E-state index is 12.9. The zero-order valence-corrected chi connectivity index (χ0v) is 23.4. The summed E-state index contributed by atoms with van der Waals surface area (Å²) in [7, 11) is 0. The maximum absolute atomic E-state index is 12.9. The summed E-state index contributed by atoms with van der Waals surface area (Å²) in [4.78, 5) is 79.7. The molecule has 1 aromatic carbocycles. The summed E-state index contributed by atoms with van der Waals surface area (Å²) in [5.41, 5.74) is -1.74. The summed E-state index contributed by atoms with van der Waals surface area (Å²) in [5, 5.41) is 32.3. The SMILES string of the molecule is CC(OC(=O)Oc1ccc([N+](=O)[O-])cc1)OC(=O)C(CSC(=O)C(C)(C)CO[N+](=O)[O-])NC(=O)C(C)(C)CON[O-]. The number of benzene rings is 1. The van der Waals surface area contributed by atoms with Gasteiger partial charge in [-0.3, -0.25) is 25.3 Å². The van der Waals surface area contributed by atoms with Crippen LogP contribution in [0.5, 0.6) is 5.75 Å². The van der Waals surface area contributed by atoms with Crippen molar-refractivity contribution in [3.63, 3.8) is 0 Å². The van der Waals surface area contributed by atoms with E-state index in [2.05, 4.69) is 15.0 Å². The smallest absolute Gasteiger partial charge is 0.516 e. The molecule has 0 fully saturated rings. The molecule has 0 saturated heterocycles. The van der Waals surface area contributed by atoms with Gasteiger partial charge in [-0.1, -0.05) is 25.6 Å². The Bertz CT molecular complexity index is 1110. The fourth-order valence-electron chi connectivity index (χ4n) is 2.59. The first-order valence-electron chi connectivity index (χ1n) is 11.6. The molecule has 2 atom stereocenters. The van der Waals surface area contributed by atoms with Crippen LogP contribution in [0.15, 0.2) is 24.3 Å². The van der Waals surface area contributed by atoms with Gasteiger partial charge in [0, 0.05) is 24.8 Å². The Morgan fingerprint density at radius 1 is 0.976 bits per heavy atom. The first kappa shape index (κ1) is 35.0. The lowest BCUT2D eigenvalue weighted by atomic mass is 9.93. The quantitative estimate of drug-likeness (QED) is 0.0898. The summed E-state index contributed by atoms with van der Waals surface area (Å²) in [6, 6.07) is 2.95. The van der Waals surface area contributed by atoms with Crippen molar-refractivity contribution in [2.24, 2.45) is 10.8 Å². The number of non-ortho nitro benzene ring substituents is 1. The molecule has 0 bridgehead atoms. The van der Waals surface area contributed by atoms with E-state index in [1.54, 1.807) is 0 Å². The molecule has 41 heavy (non-hydrogen) atoms. The Morgan fingerprint density at radius 3 is 2.12 bits per heavy atom. The van der Waals surface area contributed by atoms with E-state index < -0.39 is 75.3 Å². The van der Waals surface area contributed by atoms with Crippen LogP contribution in [0.4, 0.5) is 10.5 Å². The molecular formula is C22H29N4O14S-. The van der Waals surface area contributed by atoms with Gasteiger partial charge in [-0.2, -0.15) is 0 Å². The predicted molar refractivity (Wildman–Crippen MR) is 138 cm³/mol. The molecule has 1 aromatic rings. The third kappa shape index (κ3) is 12.3. The number of thioether (sulfide) groups is 1. The van der Waals surface area contributed by atoms with E-state index in [0.29, 0.717) is 11.8 Å². The van der Waals surface area contributed by atoms with E-state index in [0.717, 1.165) is 31.2 Å². The molecule has 0 saturated carbocycles. The van der Waals surface area contributed by atoms with E-state index in [9.17, 15) is 44.6 Å². The second-order valence-electron chi connectivity index (χ2n) is 9.49. The molecule has 2 unspecified atom stereocenters. The van der Waals surface area contributed by atoms with Crippen LogP contribution >= 0.6 is 11.8 Å². The Balaban J connectivity index is 2.91. The number of nitrogens with one attached hydrogen (secondary N) is 2. The molecule has 0 aromatic heterocycles. The van der Waals surface area contributed by atoms with Gasteiger partial charge < -0.3 is 34.4 Å². The monoisotopic (exact) mass is 605 g/mol. The van der Waals surface area contributed by atoms with Crippen LogP contribution in [-0.4, -0.2) is 64.5 Å². The van der Waals surface area contributed by atoms with Gasteiger partial charge in [0.05, 0.1) is 22.4 Å². The van der Waals surface area contributed by atoms with Gasteiger partial charge >= 0.3 is 12.1 Å². The number of hydrogen-bond acceptors (Lipinski definition) is 16. The number of nitro benzene ring substituents is 1. The van der Waals surface area contributed by atoms with Crippen molar-refractivity contribution in [3.05, 3.63) is 49.7 Å². The van der Waals surface area contributed by atoms with Crippen molar-refractivity contribution in [2.75, 3.05) is 19.0 Å². The molecule has 1 amide bonds. The minimum atomic E-state index is -1.56. The highest BCUT2D eigenvalue weighted by Gasteiger charge is 2.36. The number of amides is 1. The van der Waals surface area contributed by atoms with Crippen LogP contribution in [0.25, 0.3) is 0 Å². The largest absolute Gasteiger partial charge is 0.765 e. The van der Waals surface area contributed by atoms with Crippen LogP contribution in [0, 0.1) is 36.3 Å². The number of ether oxygens (including phenoxy) is 3. The third-order valence-corrected chi connectivity index (χ3v) is 6.27. The van der Waals surface area contributed by atoms with E-state index in [1.807, 2.05) is 0 Å². The highest BCUT2D eigenvalue weighted by atomic mass is 32.2. The summed E-state index contributed by atoms with van der Waals surface area (Å²) >= 11 is 0.557. The molecule has 18 nitrogen and oxygen atoms in total. The lowest BCUT2D eigenvalue weighted by Gasteiger charge is -2.28. The maximum Gasteiger partial charge on any atom is 0.516 e. The Hall–Kier alpha value is -4.07. The number of carbonyl (C=O) groups is 4. The minimum absolute atomic E-state index is 0.0973. The molecule has 0 heterocycles. The number of hydrogen-bond donors (Lipinski definition) is 2. The molecule has 0 aliphatic carbocycles. The Labute approximate surface area is 237 Å². The summed E-state index contributed by atoms with van der Waals surface area (Å²) in [5.74, 6) is -2.40. The topological polar surface area (TPSA) is 248 Å². The number of nitrogens with zero attached hydrogens (tertiary/aromatic N) is 2. The first-order valence-corrected chi connectivity index (χ1v) is 12.5. The van der Waals surface area contributed by atoms with Crippen LogP contribution in [0.2, 0.25) is 0 Å². The van der Waals surface area contributed by atoms with Crippen molar-refractivity contribution >= 4 is 40.6 Å². The van der Waals surface area contributed by atoms with Crippen molar-refractivity contribution in [2.45, 2.75) is 47.0 Å². The van der Waals surface area contributed by atoms with Crippen LogP contribution in [-0.2, 0) is 33.5 Å². The Kier molecular flexibility index (Phi) is 13.3. The lowest BCUT2D eigenvalue weighted by molar-refractivity contribution is -0.760. The van der Waals surface area contributed by atoms with Gasteiger partial charge in [-0.05, 0) is 26.0 Å². The molecule has 19 heteroatoms. The van der Waals surface area contributed by atoms with Gasteiger partial charge in [-0.15, -0.1) is 10.1 Å². The lowest BCUT2D eigenvalue weighted by Crippen LogP contribution is -2.51. The minimum Gasteiger partial charge on any atom is -0.765 e. The molecule has 1 rings (SSSR count). The molecule has 0 aliphatic rings. The fourth-order valence-corrected chi connectivity index (χ4v) is 3.57. The van der Waals surface area contributed by atoms with Gasteiger partial charge in [0.2, 0.25) is 12.2 Å². The highest BCUT2D eigenvalue weighted by molar-refractivity contribution is 8.13. The fraction of sp³-hybridized carbons (Fsp3) is 0.545. The van der Waals surface area contributed by atoms with Crippen LogP contribution in [0.1, 0.15) is 34.6 Å². The molecule has 2 N–H and O–H groups in total. The van der Waals surface area contributed by atoms with Gasteiger partial charge in [0.1, 0.15) is 18.4 Å². The van der Waals surface area contributed by atoms with E-state index in [-0.39, 0.29) is 11.4 Å². The van der Waals surface area contributed by atoms with E-state index >= 15 is 0 Å². The molecule has 0 aliphatic heterocycles. The van der Waals surface area contributed by atoms with Gasteiger partial charge in [0.15, 0.2) is 5.12 Å². The number of esters is 1. The third-order valence-electron chi connectivity index (χ3n) is 4.95. The highest BCUT2D eigenvalue weighted by Crippen LogP contribution is 2.26. The first-order chi connectivity index (χ1) is 19.0. The number of rotatable bonds is 16. The number of carbonyl (C=O) groups excluding carboxylic acids is 4. The normalized spacial score (nSPS) is 12.8. The van der Waals surface area contributed by atoms with Crippen molar-refractivity contribution < 1.29 is 53.1 Å². The zero-order valence-electron chi connectivity index (χ0n) is 22.6. The zero-order chi connectivity index (χ0) is 31.4. The van der Waals surface area contributed by atoms with Gasteiger partial charge in [0.25, 0.3) is 10.8 Å². The van der Waals surface area contributed by atoms with Crippen molar-refractivity contribution in [1.29, 1.82) is 0 Å². The standard InChI is InChI=1S/C22H29N4O14S/c1-13(39-20(30)40-15-8-6-14(7-9-15)25(32)33)38-17(27)16(23-18(28)21(2,3)11-36-24-31)10-41-19(29)22(4,5)12-37-26(34)35/h6-9,13,16,24H,10-12H2,1-5H3,(H,23,28)/q-1. The average Bonchev–Trinajstić information content (AvgIpc) is 2.88. The predicted octanol–water partition coefficient (Wildman–Crippen LogP) is 2.02. The van der Waals surface area contributed by atoms with Crippen molar-refractivity contribution in [3.8, 4) is 5.75 Å². The molecule has 0 spiro atoms. The molecular weight excluding hydrogens is 576 g/mol. The van der Waals surface area contributed by atoms with Crippen LogP contribution < -0.4 is 15.7 Å². The Morgan fingerprint density at radius 2 is 1.59 bits per heavy atom. The summed E-state index contributed by atoms with van der Waals surface area (Å²) in [6.07, 6.45) is -2.88. The summed E-state index contributed by atoms with van der Waals surface area (Å²) < 4.78 is 14.8. The van der Waals surface area contributed by atoms with E-state index in [4.69, 9.17) is 14.2 Å². The molecule has 228 valence electrons. The van der Waals surface area contributed by atoms with Gasteiger partial charge in [-0.25, -0.2) is 9.59 Å². The summed E-state index contributed by atoms with van der Waals surface area (Å²) in [6.45, 7) is 5.75.